The van der Waals surface area contributed by atoms with Crippen LogP contribution < -0.4 is 4.74 Å². The first-order valence-corrected chi connectivity index (χ1v) is 10.4. The first-order valence-electron chi connectivity index (χ1n) is 10.4. The van der Waals surface area contributed by atoms with Crippen LogP contribution in [-0.4, -0.2) is 41.3 Å². The van der Waals surface area contributed by atoms with Crippen LogP contribution in [0.3, 0.4) is 0 Å². The Labute approximate surface area is 184 Å². The average Bonchev–Trinajstić information content (AvgIpc) is 2.57. The van der Waals surface area contributed by atoms with Crippen LogP contribution in [0.4, 0.5) is 0 Å². The smallest absolute Gasteiger partial charge is 0.324 e. The van der Waals surface area contributed by atoms with Gasteiger partial charge in [-0.3, -0.25) is 14.4 Å². The Morgan fingerprint density at radius 2 is 1.52 bits per heavy atom. The van der Waals surface area contributed by atoms with Gasteiger partial charge in [-0.05, 0) is 77.6 Å². The number of ether oxygens (including phenoxy) is 3. The first-order chi connectivity index (χ1) is 14.0. The molecule has 0 amide bonds. The fraction of sp³-hybridized carbons (Fsp3) is 0.625. The maximum Gasteiger partial charge on any atom is 0.324 e. The standard InChI is InChI=1S/C24H34O7/c1-21(2,3)30-19(27)24(20(28)31-22(4,5)6)12-15-9-10-16(29-8)11-17(15)23(7,14-24)13-18(25)26/h9-11H,12-14H2,1-8H3,(H,25,26). The van der Waals surface area contributed by atoms with Crippen LogP contribution in [0.25, 0.3) is 0 Å². The third-order valence-corrected chi connectivity index (χ3v) is 5.27. The second-order valence-corrected chi connectivity index (χ2v) is 10.6. The van der Waals surface area contributed by atoms with Gasteiger partial charge in [0.25, 0.3) is 0 Å². The van der Waals surface area contributed by atoms with E-state index in [9.17, 15) is 19.5 Å². The van der Waals surface area contributed by atoms with E-state index in [4.69, 9.17) is 14.2 Å². The van der Waals surface area contributed by atoms with Gasteiger partial charge in [0, 0.05) is 5.41 Å². The number of fused-ring (bicyclic) bond motifs is 1. The van der Waals surface area contributed by atoms with Crippen molar-refractivity contribution in [2.24, 2.45) is 5.41 Å². The lowest BCUT2D eigenvalue weighted by molar-refractivity contribution is -0.188. The molecule has 172 valence electrons. The molecule has 1 aliphatic rings. The summed E-state index contributed by atoms with van der Waals surface area (Å²) in [6, 6.07) is 5.30. The molecule has 0 aromatic heterocycles. The number of aliphatic carboxylic acids is 1. The molecule has 0 fully saturated rings. The average molecular weight is 435 g/mol. The van der Waals surface area contributed by atoms with E-state index >= 15 is 0 Å². The summed E-state index contributed by atoms with van der Waals surface area (Å²) >= 11 is 0. The van der Waals surface area contributed by atoms with E-state index in [1.807, 2.05) is 0 Å². The number of carbonyl (C=O) groups excluding carboxylic acids is 2. The number of benzene rings is 1. The highest BCUT2D eigenvalue weighted by Crippen LogP contribution is 2.50. The number of carboxylic acid groups (broad SMARTS) is 1. The Hall–Kier alpha value is -2.57. The molecule has 0 heterocycles. The molecule has 0 saturated heterocycles. The summed E-state index contributed by atoms with van der Waals surface area (Å²) in [5.41, 5.74) is -2.87. The van der Waals surface area contributed by atoms with Crippen molar-refractivity contribution in [1.29, 1.82) is 0 Å². The Bertz CT molecular complexity index is 845. The number of esters is 2. The number of carboxylic acids is 1. The Balaban J connectivity index is 2.71. The maximum absolute atomic E-state index is 13.5. The summed E-state index contributed by atoms with van der Waals surface area (Å²) in [6.45, 7) is 12.1. The molecule has 0 aliphatic heterocycles. The largest absolute Gasteiger partial charge is 0.497 e. The van der Waals surface area contributed by atoms with E-state index in [-0.39, 0.29) is 19.3 Å². The predicted octanol–water partition coefficient (Wildman–Crippen LogP) is 4.04. The van der Waals surface area contributed by atoms with Gasteiger partial charge in [0.05, 0.1) is 13.5 Å². The highest BCUT2D eigenvalue weighted by molar-refractivity contribution is 6.01. The summed E-state index contributed by atoms with van der Waals surface area (Å²) in [5, 5.41) is 9.64. The SMILES string of the molecule is COc1ccc2c(c1)C(C)(CC(=O)O)CC(C(=O)OC(C)(C)C)(C(=O)OC(C)(C)C)C2. The van der Waals surface area contributed by atoms with Gasteiger partial charge < -0.3 is 19.3 Å². The van der Waals surface area contributed by atoms with Gasteiger partial charge in [-0.25, -0.2) is 0 Å². The molecule has 1 N–H and O–H groups in total. The van der Waals surface area contributed by atoms with Crippen LogP contribution in [0.15, 0.2) is 18.2 Å². The van der Waals surface area contributed by atoms with E-state index in [1.54, 1.807) is 66.7 Å². The molecule has 2 rings (SSSR count). The highest BCUT2D eigenvalue weighted by atomic mass is 16.6. The van der Waals surface area contributed by atoms with Crippen LogP contribution in [0.2, 0.25) is 0 Å². The van der Waals surface area contributed by atoms with Crippen molar-refractivity contribution in [2.75, 3.05) is 7.11 Å². The minimum atomic E-state index is -1.66. The van der Waals surface area contributed by atoms with Crippen molar-refractivity contribution in [3.05, 3.63) is 29.3 Å². The molecule has 0 bridgehead atoms. The van der Waals surface area contributed by atoms with Gasteiger partial charge in [0.15, 0.2) is 5.41 Å². The molecule has 7 nitrogen and oxygen atoms in total. The predicted molar refractivity (Wildman–Crippen MR) is 115 cm³/mol. The monoisotopic (exact) mass is 434 g/mol. The summed E-state index contributed by atoms with van der Waals surface area (Å²) in [5.74, 6) is -1.85. The summed E-state index contributed by atoms with van der Waals surface area (Å²) in [6.07, 6.45) is -0.248. The molecule has 7 heteroatoms. The van der Waals surface area contributed by atoms with E-state index in [0.29, 0.717) is 11.3 Å². The lowest BCUT2D eigenvalue weighted by atomic mass is 9.59. The van der Waals surface area contributed by atoms with Crippen molar-refractivity contribution in [3.8, 4) is 5.75 Å². The molecule has 0 spiro atoms. The number of rotatable bonds is 5. The second-order valence-electron chi connectivity index (χ2n) is 10.6. The van der Waals surface area contributed by atoms with Crippen molar-refractivity contribution in [3.63, 3.8) is 0 Å². The zero-order valence-electron chi connectivity index (χ0n) is 19.8. The van der Waals surface area contributed by atoms with Gasteiger partial charge in [0.1, 0.15) is 17.0 Å². The zero-order chi connectivity index (χ0) is 23.8. The van der Waals surface area contributed by atoms with Crippen LogP contribution in [-0.2, 0) is 35.7 Å². The van der Waals surface area contributed by atoms with Gasteiger partial charge in [-0.2, -0.15) is 0 Å². The fourth-order valence-corrected chi connectivity index (χ4v) is 4.16. The van der Waals surface area contributed by atoms with E-state index in [2.05, 4.69) is 0 Å². The lowest BCUT2D eigenvalue weighted by Crippen LogP contribution is -2.54. The van der Waals surface area contributed by atoms with Crippen molar-refractivity contribution >= 4 is 17.9 Å². The quantitative estimate of drug-likeness (QED) is 0.551. The molecule has 31 heavy (non-hydrogen) atoms. The highest BCUT2D eigenvalue weighted by Gasteiger charge is 2.58. The van der Waals surface area contributed by atoms with Crippen molar-refractivity contribution in [2.45, 2.75) is 84.3 Å². The van der Waals surface area contributed by atoms with Crippen molar-refractivity contribution < 1.29 is 33.7 Å². The molecular formula is C24H34O7. The second kappa shape index (κ2) is 8.17. The Kier molecular flexibility index (Phi) is 6.51. The number of hydrogen-bond acceptors (Lipinski definition) is 6. The summed E-state index contributed by atoms with van der Waals surface area (Å²) in [4.78, 5) is 38.7. The Morgan fingerprint density at radius 3 is 1.94 bits per heavy atom. The van der Waals surface area contributed by atoms with Crippen LogP contribution in [0, 0.1) is 5.41 Å². The third kappa shape index (κ3) is 5.57. The summed E-state index contributed by atoms with van der Waals surface area (Å²) in [7, 11) is 1.53. The van der Waals surface area contributed by atoms with Gasteiger partial charge in [-0.15, -0.1) is 0 Å². The lowest BCUT2D eigenvalue weighted by Gasteiger charge is -2.45. The van der Waals surface area contributed by atoms with Crippen LogP contribution in [0.5, 0.6) is 5.75 Å². The van der Waals surface area contributed by atoms with E-state index in [1.165, 1.54) is 7.11 Å². The number of carbonyl (C=O) groups is 3. The van der Waals surface area contributed by atoms with E-state index < -0.39 is 39.9 Å². The number of hydrogen-bond donors (Lipinski definition) is 1. The topological polar surface area (TPSA) is 99.1 Å². The molecule has 1 aromatic rings. The Morgan fingerprint density at radius 1 is 1.00 bits per heavy atom. The molecule has 1 unspecified atom stereocenters. The zero-order valence-corrected chi connectivity index (χ0v) is 19.8. The van der Waals surface area contributed by atoms with Gasteiger partial charge >= 0.3 is 17.9 Å². The molecular weight excluding hydrogens is 400 g/mol. The maximum atomic E-state index is 13.5. The van der Waals surface area contributed by atoms with Gasteiger partial charge in [0.2, 0.25) is 0 Å². The minimum absolute atomic E-state index is 0.0453. The van der Waals surface area contributed by atoms with E-state index in [0.717, 1.165) is 5.56 Å². The summed E-state index contributed by atoms with van der Waals surface area (Å²) < 4.78 is 16.7. The molecule has 1 aromatic carbocycles. The normalized spacial score (nSPS) is 20.4. The van der Waals surface area contributed by atoms with Gasteiger partial charge in [-0.1, -0.05) is 13.0 Å². The molecule has 1 atom stereocenters. The van der Waals surface area contributed by atoms with Crippen LogP contribution >= 0.6 is 0 Å². The fourth-order valence-electron chi connectivity index (χ4n) is 4.16. The van der Waals surface area contributed by atoms with Crippen LogP contribution in [0.1, 0.15) is 72.4 Å². The first kappa shape index (κ1) is 24.7. The molecule has 0 radical (unpaired) electrons. The third-order valence-electron chi connectivity index (χ3n) is 5.27. The molecule has 1 aliphatic carbocycles. The number of methoxy groups -OCH3 is 1. The molecule has 0 saturated carbocycles. The minimum Gasteiger partial charge on any atom is -0.497 e. The van der Waals surface area contributed by atoms with Crippen molar-refractivity contribution in [1.82, 2.24) is 0 Å².